The molecule has 0 fully saturated rings. The Morgan fingerprint density at radius 3 is 2.16 bits per heavy atom. The van der Waals surface area contributed by atoms with Crippen LogP contribution in [-0.4, -0.2) is 24.1 Å². The molecule has 126 valence electrons. The van der Waals surface area contributed by atoms with E-state index in [1.54, 1.807) is 0 Å². The van der Waals surface area contributed by atoms with E-state index in [2.05, 4.69) is 44.9 Å². The van der Waals surface area contributed by atoms with Gasteiger partial charge in [0.1, 0.15) is 0 Å². The lowest BCUT2D eigenvalue weighted by atomic mass is 10.1. The maximum Gasteiger partial charge on any atom is 0.0451 e. The molecular formula is C21H22N4. The number of anilines is 2. The molecule has 0 radical (unpaired) electrons. The summed E-state index contributed by atoms with van der Waals surface area (Å²) in [5.41, 5.74) is 3.38. The van der Waals surface area contributed by atoms with Crippen molar-refractivity contribution in [2.75, 3.05) is 24.7 Å². The fourth-order valence-corrected chi connectivity index (χ4v) is 2.91. The zero-order valence-electron chi connectivity index (χ0n) is 14.7. The van der Waals surface area contributed by atoms with Crippen molar-refractivity contribution in [3.8, 4) is 0 Å². The van der Waals surface area contributed by atoms with E-state index in [-0.39, 0.29) is 0 Å². The van der Waals surface area contributed by atoms with Gasteiger partial charge in [0.15, 0.2) is 0 Å². The Kier molecular flexibility index (Phi) is 5.09. The Morgan fingerprint density at radius 2 is 1.40 bits per heavy atom. The Labute approximate surface area is 147 Å². The van der Waals surface area contributed by atoms with Crippen LogP contribution in [0.2, 0.25) is 0 Å². The topological polar surface area (TPSA) is 49.8 Å². The quantitative estimate of drug-likeness (QED) is 0.551. The van der Waals surface area contributed by atoms with Crippen LogP contribution in [0.15, 0.2) is 67.1 Å². The molecule has 4 heteroatoms. The molecule has 0 aliphatic rings. The van der Waals surface area contributed by atoms with Gasteiger partial charge in [-0.25, -0.2) is 0 Å². The maximum absolute atomic E-state index is 4.25. The van der Waals surface area contributed by atoms with Crippen molar-refractivity contribution in [1.82, 2.24) is 9.97 Å². The molecule has 25 heavy (non-hydrogen) atoms. The SMILES string of the molecule is CNc1cccc2c(C)nccc12.CNc1cccc2cnccc12. The summed E-state index contributed by atoms with van der Waals surface area (Å²) in [6.07, 6.45) is 5.53. The summed E-state index contributed by atoms with van der Waals surface area (Å²) in [7, 11) is 3.86. The molecule has 0 atom stereocenters. The van der Waals surface area contributed by atoms with E-state index in [9.17, 15) is 0 Å². The third kappa shape index (κ3) is 3.53. The van der Waals surface area contributed by atoms with Gasteiger partial charge >= 0.3 is 0 Å². The molecule has 0 aliphatic heterocycles. The highest BCUT2D eigenvalue weighted by atomic mass is 14.8. The first-order chi connectivity index (χ1) is 12.2. The molecule has 0 spiro atoms. The lowest BCUT2D eigenvalue weighted by Crippen LogP contribution is -1.91. The van der Waals surface area contributed by atoms with Gasteiger partial charge in [-0.3, -0.25) is 9.97 Å². The molecule has 4 rings (SSSR count). The first-order valence-corrected chi connectivity index (χ1v) is 8.27. The lowest BCUT2D eigenvalue weighted by Gasteiger charge is -2.06. The molecule has 0 bridgehead atoms. The van der Waals surface area contributed by atoms with Crippen LogP contribution in [0, 0.1) is 6.92 Å². The van der Waals surface area contributed by atoms with Crippen LogP contribution in [-0.2, 0) is 0 Å². The number of benzene rings is 2. The molecule has 0 saturated carbocycles. The first kappa shape index (κ1) is 16.7. The zero-order valence-corrected chi connectivity index (χ0v) is 14.7. The molecule has 0 aliphatic carbocycles. The largest absolute Gasteiger partial charge is 0.388 e. The summed E-state index contributed by atoms with van der Waals surface area (Å²) in [6, 6.07) is 16.4. The molecular weight excluding hydrogens is 308 g/mol. The fraction of sp³-hybridized carbons (Fsp3) is 0.143. The number of rotatable bonds is 2. The van der Waals surface area contributed by atoms with E-state index in [4.69, 9.17) is 0 Å². The van der Waals surface area contributed by atoms with Gasteiger partial charge in [-0.05, 0) is 31.2 Å². The fourth-order valence-electron chi connectivity index (χ4n) is 2.91. The molecule has 4 aromatic rings. The van der Waals surface area contributed by atoms with Crippen LogP contribution in [0.4, 0.5) is 11.4 Å². The highest BCUT2D eigenvalue weighted by Crippen LogP contribution is 2.23. The summed E-state index contributed by atoms with van der Waals surface area (Å²) < 4.78 is 0. The second-order valence-electron chi connectivity index (χ2n) is 5.70. The van der Waals surface area contributed by atoms with E-state index in [0.29, 0.717) is 0 Å². The lowest BCUT2D eigenvalue weighted by molar-refractivity contribution is 1.24. The van der Waals surface area contributed by atoms with E-state index in [0.717, 1.165) is 17.1 Å². The van der Waals surface area contributed by atoms with Crippen molar-refractivity contribution in [1.29, 1.82) is 0 Å². The molecule has 0 saturated heterocycles. The first-order valence-electron chi connectivity index (χ1n) is 8.27. The molecule has 2 heterocycles. The minimum Gasteiger partial charge on any atom is -0.388 e. The maximum atomic E-state index is 4.25. The standard InChI is InChI=1S/C11H12N2.C10H10N2/c1-8-9-4-3-5-11(12-2)10(9)6-7-13-8;1-11-10-4-2-3-8-7-12-6-5-9(8)10/h3-7,12H,1-2H3;2-7,11H,1H3. The van der Waals surface area contributed by atoms with E-state index in [1.807, 2.05) is 63.9 Å². The number of hydrogen-bond acceptors (Lipinski definition) is 4. The molecule has 4 nitrogen and oxygen atoms in total. The molecule has 2 aromatic heterocycles. The summed E-state index contributed by atoms with van der Waals surface area (Å²) >= 11 is 0. The number of aryl methyl sites for hydroxylation is 1. The van der Waals surface area contributed by atoms with Crippen molar-refractivity contribution in [2.24, 2.45) is 0 Å². The van der Waals surface area contributed by atoms with Gasteiger partial charge in [0.25, 0.3) is 0 Å². The monoisotopic (exact) mass is 330 g/mol. The summed E-state index contributed by atoms with van der Waals surface area (Å²) in [6.45, 7) is 2.03. The van der Waals surface area contributed by atoms with Crippen molar-refractivity contribution in [3.05, 3.63) is 72.8 Å². The van der Waals surface area contributed by atoms with Crippen LogP contribution in [0.5, 0.6) is 0 Å². The number of fused-ring (bicyclic) bond motifs is 2. The predicted octanol–water partition coefficient (Wildman–Crippen LogP) is 4.86. The average molecular weight is 330 g/mol. The number of pyridine rings is 2. The molecule has 0 unspecified atom stereocenters. The number of aromatic nitrogens is 2. The van der Waals surface area contributed by atoms with Gasteiger partial charge in [-0.2, -0.15) is 0 Å². The number of hydrogen-bond donors (Lipinski definition) is 2. The third-order valence-electron chi connectivity index (χ3n) is 4.22. The van der Waals surface area contributed by atoms with Crippen molar-refractivity contribution in [2.45, 2.75) is 6.92 Å². The van der Waals surface area contributed by atoms with Gasteiger partial charge in [0, 0.05) is 71.3 Å². The Morgan fingerprint density at radius 1 is 0.720 bits per heavy atom. The van der Waals surface area contributed by atoms with Crippen LogP contribution < -0.4 is 10.6 Å². The Bertz CT molecular complexity index is 990. The van der Waals surface area contributed by atoms with Crippen LogP contribution in [0.25, 0.3) is 21.5 Å². The van der Waals surface area contributed by atoms with Crippen molar-refractivity contribution in [3.63, 3.8) is 0 Å². The van der Waals surface area contributed by atoms with Crippen molar-refractivity contribution < 1.29 is 0 Å². The number of nitrogens with zero attached hydrogens (tertiary/aromatic N) is 2. The van der Waals surface area contributed by atoms with Crippen molar-refractivity contribution >= 4 is 32.9 Å². The van der Waals surface area contributed by atoms with Crippen LogP contribution in [0.3, 0.4) is 0 Å². The van der Waals surface area contributed by atoms with E-state index < -0.39 is 0 Å². The third-order valence-corrected chi connectivity index (χ3v) is 4.22. The van der Waals surface area contributed by atoms with Crippen LogP contribution in [0.1, 0.15) is 5.69 Å². The van der Waals surface area contributed by atoms with Gasteiger partial charge in [0.2, 0.25) is 0 Å². The number of nitrogens with one attached hydrogen (secondary N) is 2. The van der Waals surface area contributed by atoms with Gasteiger partial charge < -0.3 is 10.6 Å². The molecule has 0 amide bonds. The second kappa shape index (κ2) is 7.62. The molecule has 2 aromatic carbocycles. The van der Waals surface area contributed by atoms with Crippen LogP contribution >= 0.6 is 0 Å². The zero-order chi connectivity index (χ0) is 17.6. The van der Waals surface area contributed by atoms with Gasteiger partial charge in [0.05, 0.1) is 0 Å². The second-order valence-corrected chi connectivity index (χ2v) is 5.70. The Balaban J connectivity index is 0.000000146. The van der Waals surface area contributed by atoms with Gasteiger partial charge in [-0.1, -0.05) is 24.3 Å². The normalized spacial score (nSPS) is 10.2. The Hall–Kier alpha value is -3.14. The minimum atomic E-state index is 1.08. The predicted molar refractivity (Wildman–Crippen MR) is 107 cm³/mol. The molecule has 2 N–H and O–H groups in total. The minimum absolute atomic E-state index is 1.08. The van der Waals surface area contributed by atoms with E-state index in [1.165, 1.54) is 21.5 Å². The average Bonchev–Trinajstić information content (AvgIpc) is 2.68. The smallest absolute Gasteiger partial charge is 0.0451 e. The highest BCUT2D eigenvalue weighted by Gasteiger charge is 2.00. The summed E-state index contributed by atoms with van der Waals surface area (Å²) in [5, 5.41) is 11.2. The van der Waals surface area contributed by atoms with Gasteiger partial charge in [-0.15, -0.1) is 0 Å². The highest BCUT2D eigenvalue weighted by molar-refractivity contribution is 5.95. The summed E-state index contributed by atoms with van der Waals surface area (Å²) in [4.78, 5) is 8.32. The summed E-state index contributed by atoms with van der Waals surface area (Å²) in [5.74, 6) is 0. The van der Waals surface area contributed by atoms with E-state index >= 15 is 0 Å².